The van der Waals surface area contributed by atoms with E-state index in [9.17, 15) is 9.59 Å². The van der Waals surface area contributed by atoms with Crippen LogP contribution in [0.5, 0.6) is 0 Å². The lowest BCUT2D eigenvalue weighted by molar-refractivity contribution is -0.139. The van der Waals surface area contributed by atoms with Crippen LogP contribution in [-0.4, -0.2) is 78.9 Å². The Kier molecular flexibility index (Phi) is 6.38. The molecular formula is C16H28N4O3. The van der Waals surface area contributed by atoms with Gasteiger partial charge in [-0.05, 0) is 25.9 Å². The van der Waals surface area contributed by atoms with Gasteiger partial charge in [0.1, 0.15) is 12.6 Å². The molecule has 2 aliphatic heterocycles. The maximum atomic E-state index is 12.5. The summed E-state index contributed by atoms with van der Waals surface area (Å²) in [5.74, 6) is 0.397. The number of nitrogens with one attached hydrogen (secondary N) is 1. The minimum absolute atomic E-state index is 0.0531. The van der Waals surface area contributed by atoms with E-state index in [0.29, 0.717) is 19.0 Å². The normalized spacial score (nSPS) is 23.8. The quantitative estimate of drug-likeness (QED) is 0.729. The fourth-order valence-electron chi connectivity index (χ4n) is 3.11. The second kappa shape index (κ2) is 8.29. The van der Waals surface area contributed by atoms with E-state index >= 15 is 0 Å². The number of hydrogen-bond acceptors (Lipinski definition) is 5. The van der Waals surface area contributed by atoms with Crippen molar-refractivity contribution in [3.63, 3.8) is 0 Å². The van der Waals surface area contributed by atoms with E-state index in [0.717, 1.165) is 32.5 Å². The first kappa shape index (κ1) is 17.7. The number of ether oxygens (including phenoxy) is 1. The lowest BCUT2D eigenvalue weighted by atomic mass is 10.2. The molecule has 130 valence electrons. The third-order valence-corrected chi connectivity index (χ3v) is 4.53. The molecule has 0 unspecified atom stereocenters. The molecule has 0 aliphatic carbocycles. The number of carbonyl (C=O) groups is 2. The van der Waals surface area contributed by atoms with Crippen molar-refractivity contribution in [1.29, 1.82) is 0 Å². The Morgan fingerprint density at radius 2 is 2.13 bits per heavy atom. The molecule has 2 rings (SSSR count). The highest BCUT2D eigenvalue weighted by molar-refractivity contribution is 5.92. The number of carbonyl (C=O) groups excluding carboxylic acids is 2. The van der Waals surface area contributed by atoms with Crippen molar-refractivity contribution < 1.29 is 14.3 Å². The first-order chi connectivity index (χ1) is 11.1. The van der Waals surface area contributed by atoms with Crippen LogP contribution in [0, 0.1) is 0 Å². The Morgan fingerprint density at radius 1 is 1.39 bits per heavy atom. The fourth-order valence-corrected chi connectivity index (χ4v) is 3.11. The zero-order valence-corrected chi connectivity index (χ0v) is 14.4. The van der Waals surface area contributed by atoms with Gasteiger partial charge in [0.25, 0.3) is 5.91 Å². The SMILES string of the molecule is CCN(CC)CCNC(=O)[C@@H]1CCCN1C(=O)[C@H]1COC(C)=N1. The standard InChI is InChI=1S/C16H28N4O3/c1-4-19(5-2)10-8-17-15(21)14-7-6-9-20(14)16(22)13-11-23-12(3)18-13/h13-14H,4-11H2,1-3H3,(H,17,21)/t13-,14+/m1/s1. The summed E-state index contributed by atoms with van der Waals surface area (Å²) in [5.41, 5.74) is 0. The smallest absolute Gasteiger partial charge is 0.251 e. The first-order valence-electron chi connectivity index (χ1n) is 8.54. The van der Waals surface area contributed by atoms with Gasteiger partial charge in [-0.25, -0.2) is 4.99 Å². The van der Waals surface area contributed by atoms with Crippen LogP contribution in [0.1, 0.15) is 33.6 Å². The van der Waals surface area contributed by atoms with Crippen LogP contribution in [-0.2, 0) is 14.3 Å². The monoisotopic (exact) mass is 324 g/mol. The molecule has 0 saturated carbocycles. The molecule has 0 aromatic heterocycles. The summed E-state index contributed by atoms with van der Waals surface area (Å²) in [6, 6.07) is -0.852. The fraction of sp³-hybridized carbons (Fsp3) is 0.812. The third kappa shape index (κ3) is 4.43. The molecule has 23 heavy (non-hydrogen) atoms. The van der Waals surface area contributed by atoms with Crippen molar-refractivity contribution in [3.8, 4) is 0 Å². The molecular weight excluding hydrogens is 296 g/mol. The van der Waals surface area contributed by atoms with Gasteiger partial charge in [0.05, 0.1) is 0 Å². The summed E-state index contributed by atoms with van der Waals surface area (Å²) in [4.78, 5) is 33.1. The highest BCUT2D eigenvalue weighted by Gasteiger charge is 2.38. The first-order valence-corrected chi connectivity index (χ1v) is 8.54. The molecule has 2 heterocycles. The predicted octanol–water partition coefficient (Wildman–Crippen LogP) is 0.253. The Balaban J connectivity index is 1.85. The van der Waals surface area contributed by atoms with Gasteiger partial charge in [-0.15, -0.1) is 0 Å². The summed E-state index contributed by atoms with van der Waals surface area (Å²) in [7, 11) is 0. The van der Waals surface area contributed by atoms with Crippen molar-refractivity contribution in [2.45, 2.75) is 45.7 Å². The average molecular weight is 324 g/mol. The Morgan fingerprint density at radius 3 is 2.74 bits per heavy atom. The van der Waals surface area contributed by atoms with Crippen molar-refractivity contribution in [1.82, 2.24) is 15.1 Å². The number of hydrogen-bond donors (Lipinski definition) is 1. The Hall–Kier alpha value is -1.63. The highest BCUT2D eigenvalue weighted by Crippen LogP contribution is 2.20. The van der Waals surface area contributed by atoms with E-state index in [1.807, 2.05) is 0 Å². The van der Waals surface area contributed by atoms with Crippen LogP contribution in [0.15, 0.2) is 4.99 Å². The average Bonchev–Trinajstić information content (AvgIpc) is 3.19. The molecule has 1 N–H and O–H groups in total. The Labute approximate surface area is 138 Å². The molecule has 0 spiro atoms. The van der Waals surface area contributed by atoms with E-state index in [4.69, 9.17) is 4.74 Å². The van der Waals surface area contributed by atoms with Crippen LogP contribution < -0.4 is 5.32 Å². The van der Waals surface area contributed by atoms with Crippen LogP contribution in [0.4, 0.5) is 0 Å². The minimum atomic E-state index is -0.487. The van der Waals surface area contributed by atoms with Gasteiger partial charge < -0.3 is 19.9 Å². The van der Waals surface area contributed by atoms with Gasteiger partial charge in [0.2, 0.25) is 5.91 Å². The molecule has 0 aromatic carbocycles. The van der Waals surface area contributed by atoms with Gasteiger partial charge >= 0.3 is 0 Å². The van der Waals surface area contributed by atoms with E-state index in [1.165, 1.54) is 0 Å². The predicted molar refractivity (Wildman–Crippen MR) is 88.4 cm³/mol. The summed E-state index contributed by atoms with van der Waals surface area (Å²) < 4.78 is 5.25. The van der Waals surface area contributed by atoms with Crippen LogP contribution in [0.2, 0.25) is 0 Å². The van der Waals surface area contributed by atoms with Gasteiger partial charge in [0.15, 0.2) is 11.9 Å². The number of likely N-dealkylation sites (tertiary alicyclic amines) is 1. The zero-order valence-electron chi connectivity index (χ0n) is 14.4. The topological polar surface area (TPSA) is 74.2 Å². The number of nitrogens with zero attached hydrogens (tertiary/aromatic N) is 3. The molecule has 0 radical (unpaired) electrons. The largest absolute Gasteiger partial charge is 0.478 e. The molecule has 0 bridgehead atoms. The summed E-state index contributed by atoms with van der Waals surface area (Å²) in [6.45, 7) is 10.3. The molecule has 1 saturated heterocycles. The zero-order chi connectivity index (χ0) is 16.8. The van der Waals surface area contributed by atoms with Crippen molar-refractivity contribution in [3.05, 3.63) is 0 Å². The summed E-state index contributed by atoms with van der Waals surface area (Å²) >= 11 is 0. The molecule has 0 aromatic rings. The lowest BCUT2D eigenvalue weighted by Gasteiger charge is -2.26. The molecule has 2 aliphatic rings. The number of rotatable bonds is 7. The molecule has 2 amide bonds. The molecule has 2 atom stereocenters. The number of amides is 2. The molecule has 1 fully saturated rings. The second-order valence-corrected chi connectivity index (χ2v) is 5.98. The maximum absolute atomic E-state index is 12.5. The van der Waals surface area contributed by atoms with Crippen LogP contribution in [0.25, 0.3) is 0 Å². The second-order valence-electron chi connectivity index (χ2n) is 5.98. The van der Waals surface area contributed by atoms with Crippen molar-refractivity contribution >= 4 is 17.7 Å². The van der Waals surface area contributed by atoms with E-state index < -0.39 is 6.04 Å². The van der Waals surface area contributed by atoms with Crippen molar-refractivity contribution in [2.24, 2.45) is 4.99 Å². The van der Waals surface area contributed by atoms with Crippen molar-refractivity contribution in [2.75, 3.05) is 39.3 Å². The van der Waals surface area contributed by atoms with Crippen LogP contribution in [0.3, 0.4) is 0 Å². The van der Waals surface area contributed by atoms with E-state index in [2.05, 4.69) is 29.1 Å². The Bertz CT molecular complexity index is 462. The van der Waals surface area contributed by atoms with Gasteiger partial charge in [-0.2, -0.15) is 0 Å². The molecule has 7 nitrogen and oxygen atoms in total. The van der Waals surface area contributed by atoms with Gasteiger partial charge in [0, 0.05) is 26.6 Å². The van der Waals surface area contributed by atoms with Gasteiger partial charge in [-0.3, -0.25) is 9.59 Å². The van der Waals surface area contributed by atoms with E-state index in [-0.39, 0.29) is 24.5 Å². The molecule has 7 heteroatoms. The lowest BCUT2D eigenvalue weighted by Crippen LogP contribution is -2.50. The highest BCUT2D eigenvalue weighted by atomic mass is 16.5. The summed E-state index contributed by atoms with van der Waals surface area (Å²) in [6.07, 6.45) is 1.58. The maximum Gasteiger partial charge on any atom is 0.251 e. The van der Waals surface area contributed by atoms with Gasteiger partial charge in [-0.1, -0.05) is 13.8 Å². The number of likely N-dealkylation sites (N-methyl/N-ethyl adjacent to an activating group) is 1. The third-order valence-electron chi connectivity index (χ3n) is 4.53. The minimum Gasteiger partial charge on any atom is -0.478 e. The van der Waals surface area contributed by atoms with Crippen LogP contribution >= 0.6 is 0 Å². The number of aliphatic imine (C=N–C) groups is 1. The van der Waals surface area contributed by atoms with E-state index in [1.54, 1.807) is 11.8 Å². The summed E-state index contributed by atoms with van der Waals surface area (Å²) in [5, 5.41) is 2.97.